The van der Waals surface area contributed by atoms with Crippen LogP contribution in [-0.4, -0.2) is 29.1 Å². The molecule has 0 unspecified atom stereocenters. The zero-order chi connectivity index (χ0) is 4.83. The number of rotatable bonds is 3. The maximum absolute atomic E-state index is 5.01. The van der Waals surface area contributed by atoms with Crippen LogP contribution >= 0.6 is 0 Å². The third-order valence-corrected chi connectivity index (χ3v) is 0.500. The second-order valence-electron chi connectivity index (χ2n) is 1.05. The van der Waals surface area contributed by atoms with Crippen LogP contribution in [0.25, 0.3) is 0 Å². The average Bonchev–Trinajstić information content (AvgIpc) is 1.61. The maximum atomic E-state index is 5.01. The van der Waals surface area contributed by atoms with E-state index in [2.05, 4.69) is 0 Å². The fourth-order valence-corrected chi connectivity index (χ4v) is 0.192. The quantitative estimate of drug-likeness (QED) is 0.259. The summed E-state index contributed by atoms with van der Waals surface area (Å²) in [6.45, 7) is 1.77. The Kier molecular flexibility index (Phi) is 5.09. The van der Waals surface area contributed by atoms with Crippen molar-refractivity contribution in [1.82, 2.24) is 0 Å². The molecule has 0 aromatic heterocycles. The molecular formula is C2H8B2N2. The minimum absolute atomic E-state index is 0.885. The molecule has 0 saturated heterocycles. The fourth-order valence-electron chi connectivity index (χ4n) is 0.192. The molecule has 0 amide bonds. The summed E-state index contributed by atoms with van der Waals surface area (Å²) in [6, 6.07) is 0. The third-order valence-electron chi connectivity index (χ3n) is 0.500. The first-order valence-corrected chi connectivity index (χ1v) is 1.98. The van der Waals surface area contributed by atoms with E-state index in [-0.39, 0.29) is 0 Å². The zero-order valence-corrected chi connectivity index (χ0v) is 3.72. The summed E-state index contributed by atoms with van der Waals surface area (Å²) in [6.07, 6.45) is 0. The Morgan fingerprint density at radius 1 is 1.00 bits per heavy atom. The summed E-state index contributed by atoms with van der Waals surface area (Å²) < 4.78 is 0. The molecule has 32 valence electrons. The molecule has 0 aromatic carbocycles. The van der Waals surface area contributed by atoms with Gasteiger partial charge in [0.15, 0.2) is 0 Å². The van der Waals surface area contributed by atoms with Crippen LogP contribution in [0, 0.1) is 0 Å². The standard InChI is InChI=1S/C2H8B2N2/c3-5-1-2-6-4/h1-2,5-6H2. The summed E-state index contributed by atoms with van der Waals surface area (Å²) in [5.74, 6) is 0. The van der Waals surface area contributed by atoms with Crippen molar-refractivity contribution in [3.63, 3.8) is 0 Å². The van der Waals surface area contributed by atoms with Gasteiger partial charge in [0.05, 0.1) is 13.1 Å². The molecule has 0 bridgehead atoms. The first-order valence-electron chi connectivity index (χ1n) is 1.98. The van der Waals surface area contributed by atoms with Crippen LogP contribution in [0.15, 0.2) is 0 Å². The molecule has 0 atom stereocenters. The van der Waals surface area contributed by atoms with Gasteiger partial charge in [-0.2, -0.15) is 0 Å². The summed E-state index contributed by atoms with van der Waals surface area (Å²) >= 11 is 0. The van der Waals surface area contributed by atoms with Crippen molar-refractivity contribution in [2.75, 3.05) is 13.1 Å². The van der Waals surface area contributed by atoms with Gasteiger partial charge < -0.3 is 10.5 Å². The van der Waals surface area contributed by atoms with Crippen LogP contribution in [0.2, 0.25) is 0 Å². The van der Waals surface area contributed by atoms with Crippen molar-refractivity contribution in [2.24, 2.45) is 0 Å². The monoisotopic (exact) mass is 82.1 g/mol. The van der Waals surface area contributed by atoms with E-state index in [1.54, 1.807) is 10.5 Å². The molecule has 6 heavy (non-hydrogen) atoms. The summed E-state index contributed by atoms with van der Waals surface area (Å²) in [7, 11) is 10.0. The van der Waals surface area contributed by atoms with Gasteiger partial charge in [-0.05, 0) is 0 Å². The second kappa shape index (κ2) is 5.05. The van der Waals surface area contributed by atoms with Gasteiger partial charge in [-0.1, -0.05) is 0 Å². The molecule has 0 rings (SSSR count). The van der Waals surface area contributed by atoms with Gasteiger partial charge in [-0.3, -0.25) is 0 Å². The number of nitrogens with two attached hydrogens (primary N) is 2. The highest BCUT2D eigenvalue weighted by atomic mass is 14.8. The van der Waals surface area contributed by atoms with E-state index >= 15 is 0 Å². The molecule has 4 heteroatoms. The van der Waals surface area contributed by atoms with Crippen LogP contribution in [0.5, 0.6) is 0 Å². The second-order valence-corrected chi connectivity index (χ2v) is 1.05. The SMILES string of the molecule is [B-][NH2+]CC[NH2+][B-]. The highest BCUT2D eigenvalue weighted by Crippen LogP contribution is 1.20. The minimum Gasteiger partial charge on any atom is -0.604 e. The normalized spacial score (nSPS) is 9.00. The number of hydrogen-bond acceptors (Lipinski definition) is 0. The molecule has 6 radical (unpaired) electrons. The Labute approximate surface area is 40.6 Å². The van der Waals surface area contributed by atoms with Gasteiger partial charge in [-0.25, -0.2) is 16.0 Å². The van der Waals surface area contributed by atoms with Crippen LogP contribution in [-0.2, 0) is 0 Å². The van der Waals surface area contributed by atoms with Crippen molar-refractivity contribution in [3.05, 3.63) is 0 Å². The first kappa shape index (κ1) is 6.05. The molecule has 0 heterocycles. The number of quaternary nitrogens is 2. The van der Waals surface area contributed by atoms with Crippen LogP contribution < -0.4 is 10.5 Å². The van der Waals surface area contributed by atoms with E-state index < -0.39 is 0 Å². The molecule has 0 saturated carbocycles. The molecule has 0 aliphatic rings. The Morgan fingerprint density at radius 2 is 1.33 bits per heavy atom. The van der Waals surface area contributed by atoms with Crippen molar-refractivity contribution in [2.45, 2.75) is 0 Å². The summed E-state index contributed by atoms with van der Waals surface area (Å²) in [5.41, 5.74) is 0. The van der Waals surface area contributed by atoms with Gasteiger partial charge >= 0.3 is 0 Å². The van der Waals surface area contributed by atoms with Crippen molar-refractivity contribution in [1.29, 1.82) is 0 Å². The molecule has 0 fully saturated rings. The summed E-state index contributed by atoms with van der Waals surface area (Å²) in [5, 5.41) is 3.20. The van der Waals surface area contributed by atoms with E-state index in [0.717, 1.165) is 13.1 Å². The zero-order valence-electron chi connectivity index (χ0n) is 3.72. The van der Waals surface area contributed by atoms with E-state index in [9.17, 15) is 0 Å². The van der Waals surface area contributed by atoms with Crippen molar-refractivity contribution in [3.8, 4) is 0 Å². The lowest BCUT2D eigenvalue weighted by molar-refractivity contribution is -0.585. The highest BCUT2D eigenvalue weighted by Gasteiger charge is 1.66. The maximum Gasteiger partial charge on any atom is 0.0750 e. The van der Waals surface area contributed by atoms with Crippen LogP contribution in [0.4, 0.5) is 0 Å². The Bertz CT molecular complexity index is 21.5. The van der Waals surface area contributed by atoms with E-state index in [0.29, 0.717) is 0 Å². The Balaban J connectivity index is 2.34. The number of hydrogen-bond donors (Lipinski definition) is 2. The molecule has 0 aliphatic carbocycles. The van der Waals surface area contributed by atoms with Gasteiger partial charge in [0.1, 0.15) is 0 Å². The van der Waals surface area contributed by atoms with Crippen molar-refractivity contribution < 1.29 is 10.5 Å². The molecule has 0 aliphatic heterocycles. The lowest BCUT2D eigenvalue weighted by atomic mass is 10.3. The van der Waals surface area contributed by atoms with Crippen LogP contribution in [0.1, 0.15) is 0 Å². The Hall–Kier alpha value is 0.0499. The van der Waals surface area contributed by atoms with Gasteiger partial charge in [0, 0.05) is 0 Å². The Morgan fingerprint density at radius 3 is 1.50 bits per heavy atom. The van der Waals surface area contributed by atoms with E-state index in [1.807, 2.05) is 0 Å². The highest BCUT2D eigenvalue weighted by molar-refractivity contribution is 5.94. The van der Waals surface area contributed by atoms with Gasteiger partial charge in [0.2, 0.25) is 0 Å². The predicted molar refractivity (Wildman–Crippen MR) is 25.1 cm³/mol. The smallest absolute Gasteiger partial charge is 0.0750 e. The van der Waals surface area contributed by atoms with E-state index in [4.69, 9.17) is 16.0 Å². The molecule has 2 nitrogen and oxygen atoms in total. The fraction of sp³-hybridized carbons (Fsp3) is 1.00. The predicted octanol–water partition coefficient (Wildman–Crippen LogP) is -3.72. The topological polar surface area (TPSA) is 33.2 Å². The summed E-state index contributed by atoms with van der Waals surface area (Å²) in [4.78, 5) is 0. The average molecular weight is 81.7 g/mol. The molecule has 0 aromatic rings. The third kappa shape index (κ3) is 4.05. The molecular weight excluding hydrogens is 73.7 g/mol. The van der Waals surface area contributed by atoms with Crippen molar-refractivity contribution >= 4 is 16.0 Å². The lowest BCUT2D eigenvalue weighted by Gasteiger charge is -2.05. The molecule has 0 spiro atoms. The largest absolute Gasteiger partial charge is 0.604 e. The molecule has 4 N–H and O–H groups in total. The first-order chi connectivity index (χ1) is 2.91. The van der Waals surface area contributed by atoms with Gasteiger partial charge in [0.25, 0.3) is 0 Å². The lowest BCUT2D eigenvalue weighted by Crippen LogP contribution is -2.92. The van der Waals surface area contributed by atoms with Crippen LogP contribution in [0.3, 0.4) is 0 Å². The van der Waals surface area contributed by atoms with Gasteiger partial charge in [-0.15, -0.1) is 0 Å². The van der Waals surface area contributed by atoms with E-state index in [1.165, 1.54) is 0 Å². The minimum atomic E-state index is 0.885.